The molecule has 3 aromatic rings. The van der Waals surface area contributed by atoms with Crippen molar-refractivity contribution in [1.29, 1.82) is 0 Å². The molecule has 0 aliphatic heterocycles. The van der Waals surface area contributed by atoms with Crippen LogP contribution in [0.4, 0.5) is 0 Å². The highest BCUT2D eigenvalue weighted by Crippen LogP contribution is 2.15. The highest BCUT2D eigenvalue weighted by Gasteiger charge is 2.07. The van der Waals surface area contributed by atoms with Gasteiger partial charge in [-0.3, -0.25) is 5.46 Å². The molecule has 98 valence electrons. The highest BCUT2D eigenvalue weighted by atomic mass is 14.9. The minimum atomic E-state index is 0.960. The third-order valence-corrected chi connectivity index (χ3v) is 3.85. The number of benzene rings is 2. The van der Waals surface area contributed by atoms with Crippen LogP contribution in [0.2, 0.25) is 6.82 Å². The van der Waals surface area contributed by atoms with Gasteiger partial charge >= 0.3 is 0 Å². The first-order valence-corrected chi connectivity index (χ1v) is 7.02. The molecule has 0 fully saturated rings. The van der Waals surface area contributed by atoms with E-state index in [2.05, 4.69) is 86.5 Å². The number of fused-ring (bicyclic) bond motifs is 1. The van der Waals surface area contributed by atoms with Gasteiger partial charge in [0.1, 0.15) is 7.05 Å². The van der Waals surface area contributed by atoms with Crippen LogP contribution in [-0.4, -0.2) is 7.28 Å². The Balaban J connectivity index is 2.08. The van der Waals surface area contributed by atoms with Crippen LogP contribution in [0.3, 0.4) is 0 Å². The number of nitrogens with zero attached hydrogens (tertiary/aromatic N) is 1. The molecule has 1 aromatic heterocycles. The van der Waals surface area contributed by atoms with E-state index < -0.39 is 0 Å². The first kappa shape index (κ1) is 12.9. The maximum absolute atomic E-state index is 2.32. The highest BCUT2D eigenvalue weighted by molar-refractivity contribution is 6.53. The minimum absolute atomic E-state index is 0.960. The molecule has 3 rings (SSSR count). The number of rotatable bonds is 3. The van der Waals surface area contributed by atoms with Gasteiger partial charge in [0, 0.05) is 12.1 Å². The molecule has 0 saturated carbocycles. The maximum Gasteiger partial charge on any atom is 0.185 e. The quantitative estimate of drug-likeness (QED) is 0.503. The maximum atomic E-state index is 2.32. The first-order chi connectivity index (χ1) is 9.78. The monoisotopic (exact) mass is 259 g/mol. The van der Waals surface area contributed by atoms with E-state index in [9.17, 15) is 0 Å². The molecule has 0 amide bonds. The van der Waals surface area contributed by atoms with Crippen molar-refractivity contribution in [2.75, 3.05) is 0 Å². The Kier molecular flexibility index (Phi) is 3.55. The summed E-state index contributed by atoms with van der Waals surface area (Å²) in [5.41, 5.74) is 4.03. The predicted molar refractivity (Wildman–Crippen MR) is 85.6 cm³/mol. The van der Waals surface area contributed by atoms with E-state index in [1.807, 2.05) is 0 Å². The van der Waals surface area contributed by atoms with E-state index >= 15 is 0 Å². The Morgan fingerprint density at radius 2 is 1.65 bits per heavy atom. The Hall–Kier alpha value is -2.09. The second-order valence-corrected chi connectivity index (χ2v) is 5.17. The molecule has 0 N–H and O–H groups in total. The summed E-state index contributed by atoms with van der Waals surface area (Å²) in [6, 6.07) is 19.5. The van der Waals surface area contributed by atoms with Gasteiger partial charge in [-0.05, 0) is 10.8 Å². The fourth-order valence-corrected chi connectivity index (χ4v) is 2.66. The zero-order valence-electron chi connectivity index (χ0n) is 12.0. The zero-order valence-corrected chi connectivity index (χ0v) is 12.0. The molecule has 2 aromatic carbocycles. The average molecular weight is 259 g/mol. The van der Waals surface area contributed by atoms with E-state index in [4.69, 9.17) is 0 Å². The lowest BCUT2D eigenvalue weighted by atomic mass is 9.69. The van der Waals surface area contributed by atoms with Crippen LogP contribution in [-0.2, 0) is 13.5 Å². The first-order valence-electron chi connectivity index (χ1n) is 7.02. The minimum Gasteiger partial charge on any atom is -0.301 e. The molecule has 20 heavy (non-hydrogen) atoms. The number of aromatic nitrogens is 1. The SMILES string of the molecule is C[B-]c1cc2ccccc2cc1Cc1cccc[n+]1C. The normalized spacial score (nSPS) is 10.9. The fourth-order valence-electron chi connectivity index (χ4n) is 2.66. The second kappa shape index (κ2) is 5.50. The molecule has 2 radical (unpaired) electrons. The molecule has 1 nitrogen and oxygen atoms in total. The lowest BCUT2D eigenvalue weighted by Gasteiger charge is -2.18. The van der Waals surface area contributed by atoms with Crippen LogP contribution < -0.4 is 10.0 Å². The number of hydrogen-bond acceptors (Lipinski definition) is 0. The van der Waals surface area contributed by atoms with Crippen molar-refractivity contribution in [3.63, 3.8) is 0 Å². The second-order valence-electron chi connectivity index (χ2n) is 5.17. The van der Waals surface area contributed by atoms with Crippen LogP contribution in [0, 0.1) is 0 Å². The summed E-state index contributed by atoms with van der Waals surface area (Å²) in [5.74, 6) is 0. The molecule has 0 bridgehead atoms. The summed E-state index contributed by atoms with van der Waals surface area (Å²) in [5, 5.41) is 2.62. The summed E-state index contributed by atoms with van der Waals surface area (Å²) >= 11 is 0. The van der Waals surface area contributed by atoms with Crippen molar-refractivity contribution < 1.29 is 4.57 Å². The molecule has 0 unspecified atom stereocenters. The third-order valence-electron chi connectivity index (χ3n) is 3.85. The van der Waals surface area contributed by atoms with Gasteiger partial charge in [-0.15, -0.1) is 0 Å². The van der Waals surface area contributed by atoms with Crippen LogP contribution in [0.15, 0.2) is 60.8 Å². The Morgan fingerprint density at radius 1 is 0.950 bits per heavy atom. The largest absolute Gasteiger partial charge is 0.301 e. The smallest absolute Gasteiger partial charge is 0.185 e. The summed E-state index contributed by atoms with van der Waals surface area (Å²) < 4.78 is 2.19. The third kappa shape index (κ3) is 2.46. The van der Waals surface area contributed by atoms with Gasteiger partial charge in [-0.25, -0.2) is 11.4 Å². The Labute approximate surface area is 121 Å². The van der Waals surface area contributed by atoms with Crippen molar-refractivity contribution in [2.24, 2.45) is 7.05 Å². The van der Waals surface area contributed by atoms with Crippen LogP contribution in [0.25, 0.3) is 10.8 Å². The summed E-state index contributed by atoms with van der Waals surface area (Å²) in [6.45, 7) is 2.11. The molecule has 0 aliphatic carbocycles. The molecule has 1 heterocycles. The van der Waals surface area contributed by atoms with Gasteiger partial charge < -0.3 is 7.28 Å². The zero-order chi connectivity index (χ0) is 13.9. The fraction of sp³-hybridized carbons (Fsp3) is 0.167. The van der Waals surface area contributed by atoms with E-state index in [0.717, 1.165) is 6.42 Å². The van der Waals surface area contributed by atoms with E-state index in [-0.39, 0.29) is 0 Å². The Morgan fingerprint density at radius 3 is 2.35 bits per heavy atom. The van der Waals surface area contributed by atoms with E-state index in [1.54, 1.807) is 0 Å². The van der Waals surface area contributed by atoms with Gasteiger partial charge in [0.2, 0.25) is 0 Å². The van der Waals surface area contributed by atoms with Gasteiger partial charge in [-0.2, -0.15) is 0 Å². The van der Waals surface area contributed by atoms with Crippen molar-refractivity contribution in [2.45, 2.75) is 13.2 Å². The molecular formula is C18H18BN. The molecule has 0 atom stereocenters. The van der Waals surface area contributed by atoms with Crippen LogP contribution >= 0.6 is 0 Å². The molecule has 0 spiro atoms. The van der Waals surface area contributed by atoms with Crippen molar-refractivity contribution in [1.82, 2.24) is 0 Å². The average Bonchev–Trinajstić information content (AvgIpc) is 2.49. The molecular weight excluding hydrogens is 241 g/mol. The summed E-state index contributed by atoms with van der Waals surface area (Å²) in [6.07, 6.45) is 3.06. The lowest BCUT2D eigenvalue weighted by molar-refractivity contribution is -0.678. The van der Waals surface area contributed by atoms with Crippen LogP contribution in [0.5, 0.6) is 0 Å². The number of pyridine rings is 1. The summed E-state index contributed by atoms with van der Waals surface area (Å²) in [4.78, 5) is 0. The lowest BCUT2D eigenvalue weighted by Crippen LogP contribution is -2.33. The van der Waals surface area contributed by atoms with Gasteiger partial charge in [0.15, 0.2) is 11.9 Å². The van der Waals surface area contributed by atoms with Gasteiger partial charge in [0.05, 0.1) is 6.42 Å². The van der Waals surface area contributed by atoms with Crippen molar-refractivity contribution in [3.8, 4) is 0 Å². The summed E-state index contributed by atoms with van der Waals surface area (Å²) in [7, 11) is 4.30. The van der Waals surface area contributed by atoms with Crippen molar-refractivity contribution >= 4 is 23.5 Å². The van der Waals surface area contributed by atoms with Gasteiger partial charge in [0.25, 0.3) is 0 Å². The van der Waals surface area contributed by atoms with Crippen LogP contribution in [0.1, 0.15) is 11.3 Å². The van der Waals surface area contributed by atoms with Crippen molar-refractivity contribution in [3.05, 3.63) is 72.1 Å². The van der Waals surface area contributed by atoms with E-state index in [0.29, 0.717) is 0 Å². The number of hydrogen-bond donors (Lipinski definition) is 0. The number of aryl methyl sites for hydroxylation is 1. The van der Waals surface area contributed by atoms with Gasteiger partial charge in [-0.1, -0.05) is 48.0 Å². The van der Waals surface area contributed by atoms with E-state index in [1.165, 1.54) is 27.5 Å². The molecule has 0 aliphatic rings. The Bertz CT molecular complexity index is 749. The topological polar surface area (TPSA) is 3.88 Å². The molecule has 0 saturated heterocycles. The predicted octanol–water partition coefficient (Wildman–Crippen LogP) is 2.63. The molecule has 2 heteroatoms. The standard InChI is InChI=1S/C18H18BN/c1-19-18-13-15-8-4-3-7-14(15)11-16(18)12-17-9-5-6-10-20(17)2/h3-11,13H,12H2,1-2H3.